The van der Waals surface area contributed by atoms with Gasteiger partial charge in [0.15, 0.2) is 0 Å². The fraction of sp³-hybridized carbons (Fsp3) is 0.214. The van der Waals surface area contributed by atoms with Gasteiger partial charge in [-0.05, 0) is 30.2 Å². The van der Waals surface area contributed by atoms with E-state index in [9.17, 15) is 4.79 Å². The lowest BCUT2D eigenvalue weighted by molar-refractivity contribution is -0.130. The van der Waals surface area contributed by atoms with Gasteiger partial charge in [-0.1, -0.05) is 42.0 Å². The molecule has 0 radical (unpaired) electrons. The minimum atomic E-state index is -0.392. The predicted molar refractivity (Wildman–Crippen MR) is 67.0 cm³/mol. The molecular weight excluding hydrogens is 214 g/mol. The highest BCUT2D eigenvalue weighted by molar-refractivity contribution is 5.87. The van der Waals surface area contributed by atoms with Crippen molar-refractivity contribution in [1.29, 1.82) is 0 Å². The zero-order valence-corrected chi connectivity index (χ0v) is 9.90. The molecule has 3 nitrogen and oxygen atoms in total. The molecule has 0 aliphatic heterocycles. The van der Waals surface area contributed by atoms with Crippen molar-refractivity contribution < 1.29 is 10.0 Å². The fourth-order valence-corrected chi connectivity index (χ4v) is 1.90. The maximum atomic E-state index is 11.3. The zero-order valence-electron chi connectivity index (χ0n) is 9.90. The third-order valence-electron chi connectivity index (χ3n) is 3.02. The van der Waals surface area contributed by atoms with Crippen LogP contribution >= 0.6 is 0 Å². The van der Waals surface area contributed by atoms with Crippen LogP contribution in [0.4, 0.5) is 0 Å². The Morgan fingerprint density at radius 2 is 1.82 bits per heavy atom. The van der Waals surface area contributed by atoms with Gasteiger partial charge < -0.3 is 0 Å². The Labute approximate surface area is 100 Å². The summed E-state index contributed by atoms with van der Waals surface area (Å²) in [4.78, 5) is 11.3. The minimum Gasteiger partial charge on any atom is -0.289 e. The van der Waals surface area contributed by atoms with Gasteiger partial charge in [0, 0.05) is 0 Å². The largest absolute Gasteiger partial charge is 0.289 e. The van der Waals surface area contributed by atoms with E-state index in [1.807, 2.05) is 30.3 Å². The van der Waals surface area contributed by atoms with E-state index in [-0.39, 0.29) is 5.92 Å². The molecule has 2 rings (SSSR count). The maximum absolute atomic E-state index is 11.3. The Morgan fingerprint density at radius 3 is 2.53 bits per heavy atom. The summed E-state index contributed by atoms with van der Waals surface area (Å²) in [6.07, 6.45) is 0. The number of amides is 1. The van der Waals surface area contributed by atoms with Crippen molar-refractivity contribution in [3.8, 4) is 0 Å². The fourth-order valence-electron chi connectivity index (χ4n) is 1.90. The van der Waals surface area contributed by atoms with Crippen molar-refractivity contribution in [2.75, 3.05) is 0 Å². The van der Waals surface area contributed by atoms with Gasteiger partial charge >= 0.3 is 0 Å². The van der Waals surface area contributed by atoms with Gasteiger partial charge in [0.25, 0.3) is 5.91 Å². The second-order valence-corrected chi connectivity index (χ2v) is 4.31. The first-order valence-corrected chi connectivity index (χ1v) is 5.56. The Morgan fingerprint density at radius 1 is 1.18 bits per heavy atom. The summed E-state index contributed by atoms with van der Waals surface area (Å²) in [6.45, 7) is 3.82. The molecule has 3 heteroatoms. The monoisotopic (exact) mass is 229 g/mol. The number of carbonyl (C=O) groups is 1. The third-order valence-corrected chi connectivity index (χ3v) is 3.02. The second-order valence-electron chi connectivity index (χ2n) is 4.31. The molecule has 0 fully saturated rings. The topological polar surface area (TPSA) is 49.3 Å². The van der Waals surface area contributed by atoms with Crippen LogP contribution in [0.3, 0.4) is 0 Å². The number of fused-ring (bicyclic) bond motifs is 1. The minimum absolute atomic E-state index is 0.356. The van der Waals surface area contributed by atoms with Gasteiger partial charge in [0.2, 0.25) is 0 Å². The van der Waals surface area contributed by atoms with E-state index in [1.54, 1.807) is 12.4 Å². The molecule has 0 aliphatic rings. The smallest absolute Gasteiger partial charge is 0.250 e. The highest BCUT2D eigenvalue weighted by Gasteiger charge is 2.14. The third kappa shape index (κ3) is 2.29. The first kappa shape index (κ1) is 11.6. The summed E-state index contributed by atoms with van der Waals surface area (Å²) < 4.78 is 0. The number of carbonyl (C=O) groups excluding carboxylic acids is 1. The first-order valence-electron chi connectivity index (χ1n) is 5.56. The number of aryl methyl sites for hydroxylation is 1. The lowest BCUT2D eigenvalue weighted by atomic mass is 9.97. The van der Waals surface area contributed by atoms with Gasteiger partial charge in [-0.2, -0.15) is 0 Å². The Bertz CT molecular complexity index is 563. The molecule has 0 spiro atoms. The molecule has 2 N–H and O–H groups in total. The molecule has 0 saturated carbocycles. The van der Waals surface area contributed by atoms with Crippen LogP contribution in [-0.4, -0.2) is 11.1 Å². The molecule has 17 heavy (non-hydrogen) atoms. The van der Waals surface area contributed by atoms with Crippen LogP contribution in [-0.2, 0) is 4.79 Å². The van der Waals surface area contributed by atoms with Crippen molar-refractivity contribution in [2.24, 2.45) is 0 Å². The molecule has 0 heterocycles. The number of benzene rings is 2. The highest BCUT2D eigenvalue weighted by Crippen LogP contribution is 2.22. The van der Waals surface area contributed by atoms with Crippen molar-refractivity contribution in [2.45, 2.75) is 19.8 Å². The lowest BCUT2D eigenvalue weighted by Gasteiger charge is -2.10. The normalized spacial score (nSPS) is 12.4. The number of nitrogens with one attached hydrogen (secondary N) is 1. The maximum Gasteiger partial charge on any atom is 0.250 e. The molecule has 0 bridgehead atoms. The van der Waals surface area contributed by atoms with Crippen molar-refractivity contribution >= 4 is 16.7 Å². The van der Waals surface area contributed by atoms with Crippen molar-refractivity contribution in [3.05, 3.63) is 47.5 Å². The lowest BCUT2D eigenvalue weighted by Crippen LogP contribution is -2.24. The van der Waals surface area contributed by atoms with E-state index >= 15 is 0 Å². The second kappa shape index (κ2) is 4.55. The van der Waals surface area contributed by atoms with Crippen molar-refractivity contribution in [1.82, 2.24) is 5.48 Å². The molecule has 1 unspecified atom stereocenters. The zero-order chi connectivity index (χ0) is 12.4. The molecule has 0 saturated heterocycles. The van der Waals surface area contributed by atoms with Crippen LogP contribution in [0.2, 0.25) is 0 Å². The predicted octanol–water partition coefficient (Wildman–Crippen LogP) is 2.76. The summed E-state index contributed by atoms with van der Waals surface area (Å²) in [6, 6.07) is 12.1. The van der Waals surface area contributed by atoms with E-state index < -0.39 is 5.91 Å². The Kier molecular flexibility index (Phi) is 3.11. The summed E-state index contributed by atoms with van der Waals surface area (Å²) in [7, 11) is 0. The average Bonchev–Trinajstić information content (AvgIpc) is 2.36. The molecule has 0 aliphatic carbocycles. The first-order chi connectivity index (χ1) is 8.11. The van der Waals surface area contributed by atoms with Gasteiger partial charge in [-0.25, -0.2) is 5.48 Å². The van der Waals surface area contributed by atoms with Crippen LogP contribution < -0.4 is 5.48 Å². The molecule has 1 amide bonds. The Balaban J connectivity index is 2.44. The van der Waals surface area contributed by atoms with Crippen LogP contribution in [0.5, 0.6) is 0 Å². The molecular formula is C14H15NO2. The number of hydrogen-bond acceptors (Lipinski definition) is 2. The number of hydroxylamine groups is 1. The average molecular weight is 229 g/mol. The summed E-state index contributed by atoms with van der Waals surface area (Å²) >= 11 is 0. The van der Waals surface area contributed by atoms with E-state index in [4.69, 9.17) is 5.21 Å². The summed E-state index contributed by atoms with van der Waals surface area (Å²) in [5.74, 6) is -0.748. The summed E-state index contributed by atoms with van der Waals surface area (Å²) in [5.41, 5.74) is 3.79. The van der Waals surface area contributed by atoms with Gasteiger partial charge in [0.05, 0.1) is 5.92 Å². The van der Waals surface area contributed by atoms with Crippen LogP contribution in [0.15, 0.2) is 36.4 Å². The Hall–Kier alpha value is -1.87. The van der Waals surface area contributed by atoms with Crippen LogP contribution in [0.1, 0.15) is 24.0 Å². The molecule has 2 aromatic carbocycles. The van der Waals surface area contributed by atoms with Crippen molar-refractivity contribution in [3.63, 3.8) is 0 Å². The van der Waals surface area contributed by atoms with Gasteiger partial charge in [-0.15, -0.1) is 0 Å². The molecule has 88 valence electrons. The van der Waals surface area contributed by atoms with E-state index in [0.29, 0.717) is 0 Å². The summed E-state index contributed by atoms with van der Waals surface area (Å²) in [5, 5.41) is 10.9. The standard InChI is InChI=1S/C14H15NO2/c1-9-3-4-13-8-11(5-6-12(13)7-9)10(2)14(16)15-17/h3-8,10,17H,1-2H3,(H,15,16). The number of rotatable bonds is 2. The van der Waals surface area contributed by atoms with Crippen LogP contribution in [0, 0.1) is 6.92 Å². The quantitative estimate of drug-likeness (QED) is 0.614. The molecule has 1 atom stereocenters. The highest BCUT2D eigenvalue weighted by atomic mass is 16.5. The molecule has 0 aromatic heterocycles. The van der Waals surface area contributed by atoms with E-state index in [0.717, 1.165) is 16.3 Å². The van der Waals surface area contributed by atoms with E-state index in [2.05, 4.69) is 13.0 Å². The van der Waals surface area contributed by atoms with Crippen LogP contribution in [0.25, 0.3) is 10.8 Å². The number of hydrogen-bond donors (Lipinski definition) is 2. The molecule has 2 aromatic rings. The SMILES string of the molecule is Cc1ccc2cc(C(C)C(=O)NO)ccc2c1. The van der Waals surface area contributed by atoms with E-state index in [1.165, 1.54) is 5.56 Å². The van der Waals surface area contributed by atoms with Gasteiger partial charge in [-0.3, -0.25) is 10.0 Å². The van der Waals surface area contributed by atoms with Gasteiger partial charge in [0.1, 0.15) is 0 Å².